The molecule has 0 saturated heterocycles. The van der Waals surface area contributed by atoms with E-state index in [9.17, 15) is 0 Å². The van der Waals surface area contributed by atoms with Gasteiger partial charge in [-0.15, -0.1) is 11.3 Å². The molecule has 2 aromatic heterocycles. The first kappa shape index (κ1) is 11.8. The highest BCUT2D eigenvalue weighted by molar-refractivity contribution is 7.10. The number of aryl methyl sites for hydroxylation is 1. The van der Waals surface area contributed by atoms with Gasteiger partial charge < -0.3 is 5.32 Å². The Bertz CT molecular complexity index is 540. The molecule has 0 aromatic carbocycles. The average molecular weight is 243 g/mol. The Morgan fingerprint density at radius 1 is 1.47 bits per heavy atom. The number of thiophene rings is 1. The molecule has 0 aliphatic heterocycles. The van der Waals surface area contributed by atoms with E-state index in [0.717, 1.165) is 18.7 Å². The van der Waals surface area contributed by atoms with Crippen molar-refractivity contribution in [1.82, 2.24) is 10.3 Å². The molecule has 0 spiro atoms. The summed E-state index contributed by atoms with van der Waals surface area (Å²) in [4.78, 5) is 5.25. The van der Waals surface area contributed by atoms with Crippen molar-refractivity contribution in [2.75, 3.05) is 0 Å². The lowest BCUT2D eigenvalue weighted by molar-refractivity contribution is 0.697. The van der Waals surface area contributed by atoms with Crippen LogP contribution < -0.4 is 5.32 Å². The number of rotatable bonds is 4. The second-order valence-corrected chi connectivity index (χ2v) is 4.81. The van der Waals surface area contributed by atoms with Crippen LogP contribution in [0.5, 0.6) is 0 Å². The van der Waals surface area contributed by atoms with Gasteiger partial charge in [0.05, 0.1) is 5.56 Å². The van der Waals surface area contributed by atoms with Crippen LogP contribution in [0.3, 0.4) is 0 Å². The summed E-state index contributed by atoms with van der Waals surface area (Å²) in [6.45, 7) is 3.69. The molecule has 0 unspecified atom stereocenters. The molecule has 0 saturated carbocycles. The topological polar surface area (TPSA) is 48.7 Å². The van der Waals surface area contributed by atoms with E-state index in [4.69, 9.17) is 5.26 Å². The number of hydrogen-bond donors (Lipinski definition) is 1. The Kier molecular flexibility index (Phi) is 3.86. The largest absolute Gasteiger partial charge is 0.308 e. The fourth-order valence-electron chi connectivity index (χ4n) is 1.55. The minimum atomic E-state index is 0.742. The summed E-state index contributed by atoms with van der Waals surface area (Å²) in [5.41, 5.74) is 3.20. The number of nitrogens with zero attached hydrogens (tertiary/aromatic N) is 2. The molecule has 0 fully saturated rings. The predicted octanol–water partition coefficient (Wildman–Crippen LogP) is 2.61. The Labute approximate surface area is 105 Å². The summed E-state index contributed by atoms with van der Waals surface area (Å²) in [5, 5.41) is 14.0. The summed E-state index contributed by atoms with van der Waals surface area (Å²) in [5.74, 6) is 0. The average Bonchev–Trinajstić information content (AvgIpc) is 2.80. The van der Waals surface area contributed by atoms with Crippen LogP contribution >= 0.6 is 11.3 Å². The number of pyridine rings is 1. The van der Waals surface area contributed by atoms with Crippen molar-refractivity contribution < 1.29 is 0 Å². The van der Waals surface area contributed by atoms with E-state index in [-0.39, 0.29) is 0 Å². The molecule has 2 rings (SSSR count). The molecular weight excluding hydrogens is 230 g/mol. The fraction of sp³-hybridized carbons (Fsp3) is 0.231. The SMILES string of the molecule is Cc1cnccc1CNCc1cc(C#N)cs1. The molecule has 3 nitrogen and oxygen atoms in total. The number of nitriles is 1. The predicted molar refractivity (Wildman–Crippen MR) is 68.6 cm³/mol. The van der Waals surface area contributed by atoms with E-state index in [1.807, 2.05) is 29.9 Å². The lowest BCUT2D eigenvalue weighted by Gasteiger charge is -2.05. The van der Waals surface area contributed by atoms with Crippen molar-refractivity contribution in [2.24, 2.45) is 0 Å². The third-order valence-electron chi connectivity index (χ3n) is 2.53. The second-order valence-electron chi connectivity index (χ2n) is 3.82. The monoisotopic (exact) mass is 243 g/mol. The number of hydrogen-bond acceptors (Lipinski definition) is 4. The molecule has 4 heteroatoms. The molecule has 0 aliphatic rings. The Balaban J connectivity index is 1.88. The van der Waals surface area contributed by atoms with Crippen molar-refractivity contribution in [3.05, 3.63) is 51.5 Å². The van der Waals surface area contributed by atoms with Gasteiger partial charge in [-0.1, -0.05) is 0 Å². The zero-order valence-corrected chi connectivity index (χ0v) is 10.4. The molecule has 0 atom stereocenters. The zero-order valence-electron chi connectivity index (χ0n) is 9.60. The fourth-order valence-corrected chi connectivity index (χ4v) is 2.33. The van der Waals surface area contributed by atoms with Gasteiger partial charge in [0, 0.05) is 35.7 Å². The quantitative estimate of drug-likeness (QED) is 0.898. The molecule has 17 heavy (non-hydrogen) atoms. The second kappa shape index (κ2) is 5.58. The van der Waals surface area contributed by atoms with E-state index in [1.165, 1.54) is 16.0 Å². The van der Waals surface area contributed by atoms with Crippen LogP contribution in [0.4, 0.5) is 0 Å². The van der Waals surface area contributed by atoms with E-state index in [1.54, 1.807) is 11.3 Å². The van der Waals surface area contributed by atoms with Gasteiger partial charge in [0.15, 0.2) is 0 Å². The van der Waals surface area contributed by atoms with Gasteiger partial charge in [-0.05, 0) is 30.2 Å². The molecular formula is C13H13N3S. The van der Waals surface area contributed by atoms with Gasteiger partial charge in [-0.25, -0.2) is 0 Å². The molecule has 0 radical (unpaired) electrons. The van der Waals surface area contributed by atoms with Gasteiger partial charge >= 0.3 is 0 Å². The summed E-state index contributed by atoms with van der Waals surface area (Å²) in [6, 6.07) is 6.09. The minimum Gasteiger partial charge on any atom is -0.308 e. The van der Waals surface area contributed by atoms with Crippen molar-refractivity contribution in [1.29, 1.82) is 5.26 Å². The van der Waals surface area contributed by atoms with Crippen molar-refractivity contribution in [3.8, 4) is 6.07 Å². The molecule has 2 heterocycles. The number of aromatic nitrogens is 1. The molecule has 0 bridgehead atoms. The van der Waals surface area contributed by atoms with Gasteiger partial charge in [0.1, 0.15) is 6.07 Å². The third kappa shape index (κ3) is 3.13. The Morgan fingerprint density at radius 3 is 3.06 bits per heavy atom. The third-order valence-corrected chi connectivity index (χ3v) is 3.47. The highest BCUT2D eigenvalue weighted by atomic mass is 32.1. The van der Waals surface area contributed by atoms with Crippen LogP contribution in [0.15, 0.2) is 29.9 Å². The van der Waals surface area contributed by atoms with Gasteiger partial charge in [-0.2, -0.15) is 5.26 Å². The molecule has 0 amide bonds. The maximum Gasteiger partial charge on any atom is 0.100 e. The van der Waals surface area contributed by atoms with Crippen LogP contribution in [0.1, 0.15) is 21.6 Å². The van der Waals surface area contributed by atoms with E-state index in [0.29, 0.717) is 0 Å². The highest BCUT2D eigenvalue weighted by Crippen LogP contribution is 2.13. The van der Waals surface area contributed by atoms with Crippen molar-refractivity contribution in [2.45, 2.75) is 20.0 Å². The summed E-state index contributed by atoms with van der Waals surface area (Å²) < 4.78 is 0. The highest BCUT2D eigenvalue weighted by Gasteiger charge is 2.00. The lowest BCUT2D eigenvalue weighted by Crippen LogP contribution is -2.12. The minimum absolute atomic E-state index is 0.742. The zero-order chi connectivity index (χ0) is 12.1. The van der Waals surface area contributed by atoms with Crippen LogP contribution in [0.2, 0.25) is 0 Å². The van der Waals surface area contributed by atoms with E-state index < -0.39 is 0 Å². The van der Waals surface area contributed by atoms with Crippen molar-refractivity contribution >= 4 is 11.3 Å². The summed E-state index contributed by atoms with van der Waals surface area (Å²) in [6.07, 6.45) is 3.68. The smallest absolute Gasteiger partial charge is 0.100 e. The normalized spacial score (nSPS) is 10.1. The van der Waals surface area contributed by atoms with E-state index in [2.05, 4.69) is 23.3 Å². The first-order valence-corrected chi connectivity index (χ1v) is 6.25. The van der Waals surface area contributed by atoms with Crippen LogP contribution in [-0.4, -0.2) is 4.98 Å². The van der Waals surface area contributed by atoms with Gasteiger partial charge in [-0.3, -0.25) is 4.98 Å². The summed E-state index contributed by atoms with van der Waals surface area (Å²) in [7, 11) is 0. The molecule has 1 N–H and O–H groups in total. The first-order valence-electron chi connectivity index (χ1n) is 5.37. The summed E-state index contributed by atoms with van der Waals surface area (Å²) >= 11 is 1.62. The maximum absolute atomic E-state index is 8.72. The van der Waals surface area contributed by atoms with Gasteiger partial charge in [0.2, 0.25) is 0 Å². The van der Waals surface area contributed by atoms with Crippen LogP contribution in [0, 0.1) is 18.3 Å². The van der Waals surface area contributed by atoms with E-state index >= 15 is 0 Å². The van der Waals surface area contributed by atoms with Crippen LogP contribution in [-0.2, 0) is 13.1 Å². The first-order chi connectivity index (χ1) is 8.29. The molecule has 0 aliphatic carbocycles. The Hall–Kier alpha value is -1.70. The van der Waals surface area contributed by atoms with Crippen LogP contribution in [0.25, 0.3) is 0 Å². The Morgan fingerprint density at radius 2 is 2.35 bits per heavy atom. The van der Waals surface area contributed by atoms with Gasteiger partial charge in [0.25, 0.3) is 0 Å². The molecule has 2 aromatic rings. The maximum atomic E-state index is 8.72. The number of nitrogens with one attached hydrogen (secondary N) is 1. The lowest BCUT2D eigenvalue weighted by atomic mass is 10.1. The molecule has 86 valence electrons. The van der Waals surface area contributed by atoms with Crippen molar-refractivity contribution in [3.63, 3.8) is 0 Å². The standard InChI is InChI=1S/C13H13N3S/c1-10-6-15-3-2-12(10)7-16-8-13-4-11(5-14)9-17-13/h2-4,6,9,16H,7-8H2,1H3.